The van der Waals surface area contributed by atoms with E-state index in [2.05, 4.69) is 5.43 Å². The van der Waals surface area contributed by atoms with Crippen LogP contribution in [0.15, 0.2) is 18.2 Å². The van der Waals surface area contributed by atoms with Crippen LogP contribution < -0.4 is 11.3 Å². The molecule has 1 atom stereocenters. The Bertz CT molecular complexity index is 450. The molecule has 104 valence electrons. The zero-order valence-corrected chi connectivity index (χ0v) is 11.3. The second-order valence-corrected chi connectivity index (χ2v) is 5.43. The fourth-order valence-corrected chi connectivity index (χ4v) is 3.09. The predicted octanol–water partition coefficient (Wildman–Crippen LogP) is 2.29. The summed E-state index contributed by atoms with van der Waals surface area (Å²) in [4.78, 5) is 10.3. The molecule has 1 saturated heterocycles. The number of hydrazine groups is 1. The van der Waals surface area contributed by atoms with Crippen LogP contribution in [0.5, 0.6) is 0 Å². The number of nitro benzene ring substituents is 1. The van der Waals surface area contributed by atoms with Crippen molar-refractivity contribution in [1.82, 2.24) is 0 Å². The normalized spacial score (nSPS) is 18.5. The first-order valence-electron chi connectivity index (χ1n) is 6.14. The maximum atomic E-state index is 10.8. The second kappa shape index (κ2) is 6.74. The van der Waals surface area contributed by atoms with E-state index in [0.717, 1.165) is 36.5 Å². The molecule has 1 aromatic carbocycles. The van der Waals surface area contributed by atoms with Crippen LogP contribution in [-0.2, 0) is 10.5 Å². The van der Waals surface area contributed by atoms with Gasteiger partial charge in [0.25, 0.3) is 5.69 Å². The third-order valence-electron chi connectivity index (χ3n) is 3.01. The minimum absolute atomic E-state index is 0.00428. The molecule has 3 N–H and O–H groups in total. The lowest BCUT2D eigenvalue weighted by Gasteiger charge is -2.09. The van der Waals surface area contributed by atoms with E-state index in [9.17, 15) is 10.1 Å². The second-order valence-electron chi connectivity index (χ2n) is 4.40. The van der Waals surface area contributed by atoms with Crippen molar-refractivity contribution in [1.29, 1.82) is 0 Å². The van der Waals surface area contributed by atoms with Gasteiger partial charge in [0.05, 0.1) is 11.0 Å². The van der Waals surface area contributed by atoms with Gasteiger partial charge in [0.2, 0.25) is 0 Å². The van der Waals surface area contributed by atoms with Crippen LogP contribution in [0.3, 0.4) is 0 Å². The molecule has 1 heterocycles. The fourth-order valence-electron chi connectivity index (χ4n) is 2.03. The number of ether oxygens (including phenoxy) is 1. The quantitative estimate of drug-likeness (QED) is 0.473. The number of nitrogen functional groups attached to an aromatic ring is 1. The minimum Gasteiger partial charge on any atom is -0.377 e. The van der Waals surface area contributed by atoms with Crippen molar-refractivity contribution in [2.75, 3.05) is 17.8 Å². The Morgan fingerprint density at radius 1 is 1.58 bits per heavy atom. The van der Waals surface area contributed by atoms with E-state index in [0.29, 0.717) is 11.8 Å². The van der Waals surface area contributed by atoms with Crippen molar-refractivity contribution in [2.24, 2.45) is 5.84 Å². The Kier molecular flexibility index (Phi) is 5.00. The number of nitrogens with one attached hydrogen (secondary N) is 1. The Balaban J connectivity index is 1.91. The number of hydrogen-bond acceptors (Lipinski definition) is 6. The highest BCUT2D eigenvalue weighted by Gasteiger charge is 2.16. The van der Waals surface area contributed by atoms with Gasteiger partial charge < -0.3 is 10.2 Å². The molecule has 19 heavy (non-hydrogen) atoms. The molecule has 1 aromatic rings. The van der Waals surface area contributed by atoms with Crippen LogP contribution in [0.4, 0.5) is 11.4 Å². The van der Waals surface area contributed by atoms with E-state index in [1.54, 1.807) is 23.9 Å². The number of thioether (sulfide) groups is 1. The summed E-state index contributed by atoms with van der Waals surface area (Å²) in [6.45, 7) is 0.865. The first kappa shape index (κ1) is 14.1. The van der Waals surface area contributed by atoms with Gasteiger partial charge in [0.15, 0.2) is 0 Å². The molecule has 0 bridgehead atoms. The largest absolute Gasteiger partial charge is 0.377 e. The number of nitrogens with zero attached hydrogens (tertiary/aromatic N) is 1. The highest BCUT2D eigenvalue weighted by atomic mass is 32.2. The van der Waals surface area contributed by atoms with Crippen LogP contribution in [0.25, 0.3) is 0 Å². The van der Waals surface area contributed by atoms with E-state index in [-0.39, 0.29) is 5.69 Å². The van der Waals surface area contributed by atoms with Crippen LogP contribution in [0.2, 0.25) is 0 Å². The Morgan fingerprint density at radius 3 is 3.05 bits per heavy atom. The van der Waals surface area contributed by atoms with Gasteiger partial charge in [-0.3, -0.25) is 16.0 Å². The highest BCUT2D eigenvalue weighted by molar-refractivity contribution is 7.98. The molecule has 1 aliphatic rings. The zero-order chi connectivity index (χ0) is 13.7. The molecule has 7 heteroatoms. The molecule has 6 nitrogen and oxygen atoms in total. The van der Waals surface area contributed by atoms with Crippen molar-refractivity contribution in [3.05, 3.63) is 33.9 Å². The number of benzene rings is 1. The van der Waals surface area contributed by atoms with E-state index < -0.39 is 4.92 Å². The Labute approximate surface area is 115 Å². The number of anilines is 1. The Hall–Kier alpha value is -1.31. The lowest BCUT2D eigenvalue weighted by molar-refractivity contribution is -0.384. The maximum absolute atomic E-state index is 10.8. The topological polar surface area (TPSA) is 90.4 Å². The van der Waals surface area contributed by atoms with E-state index in [1.807, 2.05) is 0 Å². The van der Waals surface area contributed by atoms with Crippen molar-refractivity contribution in [3.8, 4) is 0 Å². The maximum Gasteiger partial charge on any atom is 0.293 e. The van der Waals surface area contributed by atoms with E-state index >= 15 is 0 Å². The summed E-state index contributed by atoms with van der Waals surface area (Å²) < 4.78 is 5.54. The smallest absolute Gasteiger partial charge is 0.293 e. The van der Waals surface area contributed by atoms with Crippen LogP contribution in [-0.4, -0.2) is 23.4 Å². The van der Waals surface area contributed by atoms with Crippen molar-refractivity contribution >= 4 is 23.1 Å². The molecule has 0 aromatic heterocycles. The molecule has 2 rings (SSSR count). The minimum atomic E-state index is -0.446. The van der Waals surface area contributed by atoms with Gasteiger partial charge >= 0.3 is 0 Å². The standard InChI is InChI=1S/C12H17N3O3S/c13-14-11-6-9(3-4-12(11)15(16)17)7-19-8-10-2-1-5-18-10/h3-4,6,10,14H,1-2,5,7-8,13H2. The molecule has 0 aliphatic carbocycles. The molecule has 0 radical (unpaired) electrons. The summed E-state index contributed by atoms with van der Waals surface area (Å²) >= 11 is 1.77. The van der Waals surface area contributed by atoms with Crippen molar-refractivity contribution in [3.63, 3.8) is 0 Å². The molecule has 1 unspecified atom stereocenters. The highest BCUT2D eigenvalue weighted by Crippen LogP contribution is 2.27. The van der Waals surface area contributed by atoms with Gasteiger partial charge in [-0.25, -0.2) is 0 Å². The van der Waals surface area contributed by atoms with E-state index in [1.165, 1.54) is 6.07 Å². The summed E-state index contributed by atoms with van der Waals surface area (Å²) in [6, 6.07) is 4.97. The predicted molar refractivity (Wildman–Crippen MR) is 76.0 cm³/mol. The molecule has 1 aliphatic heterocycles. The van der Waals surface area contributed by atoms with Crippen molar-refractivity contribution < 1.29 is 9.66 Å². The lowest BCUT2D eigenvalue weighted by atomic mass is 10.2. The third-order valence-corrected chi connectivity index (χ3v) is 4.15. The summed E-state index contributed by atoms with van der Waals surface area (Å²) in [6.07, 6.45) is 2.63. The lowest BCUT2D eigenvalue weighted by Crippen LogP contribution is -2.10. The molecule has 0 spiro atoms. The average Bonchev–Trinajstić information content (AvgIpc) is 2.91. The first-order chi connectivity index (χ1) is 9.20. The van der Waals surface area contributed by atoms with Crippen LogP contribution in [0.1, 0.15) is 18.4 Å². The molecular weight excluding hydrogens is 266 g/mol. The number of rotatable bonds is 6. The van der Waals surface area contributed by atoms with Gasteiger partial charge in [0.1, 0.15) is 5.69 Å². The Morgan fingerprint density at radius 2 is 2.42 bits per heavy atom. The van der Waals surface area contributed by atoms with Crippen LogP contribution >= 0.6 is 11.8 Å². The number of nitrogens with two attached hydrogens (primary N) is 1. The zero-order valence-electron chi connectivity index (χ0n) is 10.5. The SMILES string of the molecule is NNc1cc(CSCC2CCCO2)ccc1[N+](=O)[O-]. The summed E-state index contributed by atoms with van der Waals surface area (Å²) in [7, 11) is 0. The molecule has 0 amide bonds. The van der Waals surface area contributed by atoms with Gasteiger partial charge in [-0.15, -0.1) is 0 Å². The molecule has 1 fully saturated rings. The van der Waals surface area contributed by atoms with Crippen molar-refractivity contribution in [2.45, 2.75) is 24.7 Å². The van der Waals surface area contributed by atoms with E-state index in [4.69, 9.17) is 10.6 Å². The monoisotopic (exact) mass is 283 g/mol. The third kappa shape index (κ3) is 3.82. The molecular formula is C12H17N3O3S. The van der Waals surface area contributed by atoms with Gasteiger partial charge in [-0.05, 0) is 24.5 Å². The summed E-state index contributed by atoms with van der Waals surface area (Å²) in [5, 5.41) is 10.8. The summed E-state index contributed by atoms with van der Waals surface area (Å²) in [5.74, 6) is 7.06. The number of hydrogen-bond donors (Lipinski definition) is 2. The van der Waals surface area contributed by atoms with Gasteiger partial charge in [0, 0.05) is 24.2 Å². The average molecular weight is 283 g/mol. The fraction of sp³-hybridized carbons (Fsp3) is 0.500. The first-order valence-corrected chi connectivity index (χ1v) is 7.29. The number of nitro groups is 1. The van der Waals surface area contributed by atoms with Crippen LogP contribution in [0, 0.1) is 10.1 Å². The molecule has 0 saturated carbocycles. The summed E-state index contributed by atoms with van der Waals surface area (Å²) in [5.41, 5.74) is 3.73. The van der Waals surface area contributed by atoms with Gasteiger partial charge in [-0.1, -0.05) is 6.07 Å². The van der Waals surface area contributed by atoms with Gasteiger partial charge in [-0.2, -0.15) is 11.8 Å².